The lowest BCUT2D eigenvalue weighted by Gasteiger charge is -2.22. The number of nitrogens with two attached hydrogens (primary N) is 1. The highest BCUT2D eigenvalue weighted by Gasteiger charge is 2.21. The Kier molecular flexibility index (Phi) is 5.75. The van der Waals surface area contributed by atoms with Gasteiger partial charge in [0.2, 0.25) is 10.0 Å². The maximum atomic E-state index is 12.8. The topological polar surface area (TPSA) is 138 Å². The van der Waals surface area contributed by atoms with Crippen LogP contribution in [-0.4, -0.2) is 52.4 Å². The molecule has 3 heterocycles. The fourth-order valence-electron chi connectivity index (χ4n) is 3.30. The predicted molar refractivity (Wildman–Crippen MR) is 110 cm³/mol. The second-order valence-corrected chi connectivity index (χ2v) is 8.89. The van der Waals surface area contributed by atoms with Crippen LogP contribution in [0, 0.1) is 6.92 Å². The molecule has 158 valence electrons. The summed E-state index contributed by atoms with van der Waals surface area (Å²) in [6, 6.07) is 4.91. The molecule has 0 spiro atoms. The highest BCUT2D eigenvalue weighted by atomic mass is 32.2. The molecule has 1 aliphatic rings. The molecule has 3 N–H and O–H groups in total. The van der Waals surface area contributed by atoms with Gasteiger partial charge in [-0.25, -0.2) is 28.1 Å². The Morgan fingerprint density at radius 3 is 2.93 bits per heavy atom. The van der Waals surface area contributed by atoms with Gasteiger partial charge in [-0.1, -0.05) is 6.07 Å². The number of nitrogen functional groups attached to an aromatic ring is 1. The van der Waals surface area contributed by atoms with Crippen LogP contribution in [-0.2, 0) is 14.8 Å². The van der Waals surface area contributed by atoms with Crippen molar-refractivity contribution in [2.45, 2.75) is 37.2 Å². The van der Waals surface area contributed by atoms with Gasteiger partial charge in [0.05, 0.1) is 22.9 Å². The number of ether oxygens (including phenoxy) is 1. The number of anilines is 1. The first-order chi connectivity index (χ1) is 14.4. The molecule has 1 aliphatic heterocycles. The van der Waals surface area contributed by atoms with Crippen molar-refractivity contribution in [1.82, 2.24) is 29.5 Å². The lowest BCUT2D eigenvalue weighted by Crippen LogP contribution is -2.35. The summed E-state index contributed by atoms with van der Waals surface area (Å²) < 4.78 is 35.3. The quantitative estimate of drug-likeness (QED) is 0.601. The molecule has 0 bridgehead atoms. The number of sulfonamides is 1. The molecule has 1 saturated heterocycles. The van der Waals surface area contributed by atoms with Crippen LogP contribution in [0.4, 0.5) is 5.82 Å². The van der Waals surface area contributed by atoms with E-state index in [1.807, 2.05) is 6.92 Å². The zero-order valence-electron chi connectivity index (χ0n) is 16.5. The zero-order valence-corrected chi connectivity index (χ0v) is 17.3. The molecule has 0 amide bonds. The average Bonchev–Trinajstić information content (AvgIpc) is 3.28. The van der Waals surface area contributed by atoms with Crippen molar-refractivity contribution < 1.29 is 13.2 Å². The zero-order chi connectivity index (χ0) is 21.1. The summed E-state index contributed by atoms with van der Waals surface area (Å²) >= 11 is 0. The Bertz CT molecular complexity index is 1130. The molecule has 30 heavy (non-hydrogen) atoms. The van der Waals surface area contributed by atoms with Gasteiger partial charge in [0, 0.05) is 18.7 Å². The normalized spacial score (nSPS) is 17.2. The van der Waals surface area contributed by atoms with E-state index in [1.165, 1.54) is 23.5 Å². The molecule has 10 nitrogen and oxygen atoms in total. The third-order valence-electron chi connectivity index (χ3n) is 4.99. The second kappa shape index (κ2) is 8.46. The van der Waals surface area contributed by atoms with Crippen molar-refractivity contribution in [1.29, 1.82) is 0 Å². The van der Waals surface area contributed by atoms with Crippen LogP contribution in [0.15, 0.2) is 41.9 Å². The number of nitrogens with one attached hydrogen (secondary N) is 1. The van der Waals surface area contributed by atoms with Crippen molar-refractivity contribution in [2.24, 2.45) is 0 Å². The number of nitrogens with zero attached hydrogens (tertiary/aromatic N) is 5. The van der Waals surface area contributed by atoms with Gasteiger partial charge >= 0.3 is 0 Å². The average molecular weight is 430 g/mol. The van der Waals surface area contributed by atoms with Crippen molar-refractivity contribution >= 4 is 15.8 Å². The molecular formula is C19H23N7O3S. The van der Waals surface area contributed by atoms with Gasteiger partial charge in [-0.05, 0) is 43.9 Å². The summed E-state index contributed by atoms with van der Waals surface area (Å²) in [5.41, 5.74) is 7.91. The van der Waals surface area contributed by atoms with E-state index in [4.69, 9.17) is 10.5 Å². The summed E-state index contributed by atoms with van der Waals surface area (Å²) in [5.74, 6) is 0.519. The SMILES string of the molecule is Cc1ccc(S(=O)(=O)NCC2CCCCO2)cc1-c1cnc(N)c(-n2cncn2)n1. The third-order valence-corrected chi connectivity index (χ3v) is 6.41. The van der Waals surface area contributed by atoms with Crippen LogP contribution in [0.5, 0.6) is 0 Å². The lowest BCUT2D eigenvalue weighted by molar-refractivity contribution is 0.0200. The maximum Gasteiger partial charge on any atom is 0.240 e. The van der Waals surface area contributed by atoms with Crippen molar-refractivity contribution in [3.63, 3.8) is 0 Å². The molecule has 0 radical (unpaired) electrons. The first kappa shape index (κ1) is 20.4. The maximum absolute atomic E-state index is 12.8. The number of rotatable bonds is 6. The first-order valence-electron chi connectivity index (χ1n) is 9.64. The van der Waals surface area contributed by atoms with Gasteiger partial charge in [0.25, 0.3) is 0 Å². The van der Waals surface area contributed by atoms with Crippen LogP contribution in [0.1, 0.15) is 24.8 Å². The van der Waals surface area contributed by atoms with Crippen molar-refractivity contribution in [2.75, 3.05) is 18.9 Å². The van der Waals surface area contributed by atoms with E-state index in [1.54, 1.807) is 18.2 Å². The predicted octanol–water partition coefficient (Wildman–Crippen LogP) is 1.46. The van der Waals surface area contributed by atoms with E-state index < -0.39 is 10.0 Å². The number of aromatic nitrogens is 5. The van der Waals surface area contributed by atoms with E-state index in [-0.39, 0.29) is 23.4 Å². The second-order valence-electron chi connectivity index (χ2n) is 7.12. The summed E-state index contributed by atoms with van der Waals surface area (Å²) in [5, 5.41) is 4.04. The molecule has 1 atom stereocenters. The smallest absolute Gasteiger partial charge is 0.240 e. The van der Waals surface area contributed by atoms with E-state index in [0.29, 0.717) is 23.7 Å². The Balaban J connectivity index is 1.63. The fourth-order valence-corrected chi connectivity index (χ4v) is 4.40. The van der Waals surface area contributed by atoms with Crippen LogP contribution in [0.2, 0.25) is 0 Å². The highest BCUT2D eigenvalue weighted by molar-refractivity contribution is 7.89. The summed E-state index contributed by atoms with van der Waals surface area (Å²) in [4.78, 5) is 12.8. The minimum absolute atomic E-state index is 0.0911. The summed E-state index contributed by atoms with van der Waals surface area (Å²) in [6.07, 6.45) is 7.18. The molecule has 1 fully saturated rings. The number of hydrogen-bond acceptors (Lipinski definition) is 8. The van der Waals surface area contributed by atoms with Gasteiger partial charge in [0.15, 0.2) is 11.6 Å². The van der Waals surface area contributed by atoms with Crippen LogP contribution >= 0.6 is 0 Å². The van der Waals surface area contributed by atoms with Gasteiger partial charge in [0.1, 0.15) is 12.7 Å². The monoisotopic (exact) mass is 429 g/mol. The number of benzene rings is 1. The van der Waals surface area contributed by atoms with E-state index >= 15 is 0 Å². The molecule has 0 saturated carbocycles. The molecule has 2 aromatic heterocycles. The van der Waals surface area contributed by atoms with E-state index in [0.717, 1.165) is 24.8 Å². The third kappa shape index (κ3) is 4.32. The molecule has 4 rings (SSSR count). The molecule has 3 aromatic rings. The molecule has 1 unspecified atom stereocenters. The summed E-state index contributed by atoms with van der Waals surface area (Å²) in [7, 11) is -3.70. The van der Waals surface area contributed by atoms with E-state index in [2.05, 4.69) is 24.8 Å². The highest BCUT2D eigenvalue weighted by Crippen LogP contribution is 2.26. The van der Waals surface area contributed by atoms with Crippen LogP contribution in [0.25, 0.3) is 17.1 Å². The molecule has 11 heteroatoms. The minimum atomic E-state index is -3.70. The Morgan fingerprint density at radius 2 is 2.20 bits per heavy atom. The minimum Gasteiger partial charge on any atom is -0.381 e. The van der Waals surface area contributed by atoms with Gasteiger partial charge in [-0.3, -0.25) is 0 Å². The Morgan fingerprint density at radius 1 is 1.33 bits per heavy atom. The van der Waals surface area contributed by atoms with Gasteiger partial charge < -0.3 is 10.5 Å². The lowest BCUT2D eigenvalue weighted by atomic mass is 10.1. The standard InChI is InChI=1S/C19H23N7O3S/c1-13-5-6-15(30(27,28)24-9-14-4-2-3-7-29-14)8-16(13)17-10-22-18(20)19(25-17)26-12-21-11-23-26/h5-6,8,10-12,14,24H,2-4,7,9H2,1H3,(H2,20,22). The molecule has 1 aromatic carbocycles. The van der Waals surface area contributed by atoms with Crippen LogP contribution < -0.4 is 10.5 Å². The largest absolute Gasteiger partial charge is 0.381 e. The summed E-state index contributed by atoms with van der Waals surface area (Å²) in [6.45, 7) is 2.80. The van der Waals surface area contributed by atoms with Gasteiger partial charge in [-0.15, -0.1) is 0 Å². The number of aryl methyl sites for hydroxylation is 1. The molecular weight excluding hydrogens is 406 g/mol. The first-order valence-corrected chi connectivity index (χ1v) is 11.1. The van der Waals surface area contributed by atoms with E-state index in [9.17, 15) is 8.42 Å². The van der Waals surface area contributed by atoms with Crippen molar-refractivity contribution in [3.05, 3.63) is 42.6 Å². The van der Waals surface area contributed by atoms with Crippen molar-refractivity contribution in [3.8, 4) is 17.1 Å². The fraction of sp³-hybridized carbons (Fsp3) is 0.368. The van der Waals surface area contributed by atoms with Gasteiger partial charge in [-0.2, -0.15) is 9.78 Å². The van der Waals surface area contributed by atoms with Crippen LogP contribution in [0.3, 0.4) is 0 Å². The number of hydrogen-bond donors (Lipinski definition) is 2. The Labute approximate surface area is 174 Å². The Hall–Kier alpha value is -2.89. The molecule has 0 aliphatic carbocycles.